The van der Waals surface area contributed by atoms with Crippen LogP contribution in [-0.2, 0) is 0 Å². The number of hydroxylamine groups is 1. The monoisotopic (exact) mass is 211 g/mol. The molecule has 3 nitrogen and oxygen atoms in total. The first-order chi connectivity index (χ1) is 7.92. The SMILES string of the molecule is [c]1c(ON2CCC=N2)ccc2ccccc12. The fourth-order valence-corrected chi connectivity index (χ4v) is 1.71. The smallest absolute Gasteiger partial charge is 0.166 e. The van der Waals surface area contributed by atoms with Gasteiger partial charge in [-0.1, -0.05) is 30.3 Å². The predicted molar refractivity (Wildman–Crippen MR) is 63.2 cm³/mol. The highest BCUT2D eigenvalue weighted by Crippen LogP contribution is 2.20. The van der Waals surface area contributed by atoms with Crippen LogP contribution < -0.4 is 4.84 Å². The Morgan fingerprint density at radius 1 is 1.19 bits per heavy atom. The standard InChI is InChI=1S/C13H11N2O/c1-2-5-12-10-13(7-6-11(12)4-1)16-15-9-3-8-14-15/h1-2,4-8H,3,9H2. The summed E-state index contributed by atoms with van der Waals surface area (Å²) >= 11 is 0. The lowest BCUT2D eigenvalue weighted by molar-refractivity contribution is -0.0457. The first-order valence-corrected chi connectivity index (χ1v) is 5.31. The predicted octanol–water partition coefficient (Wildman–Crippen LogP) is 2.63. The fourth-order valence-electron chi connectivity index (χ4n) is 1.71. The zero-order chi connectivity index (χ0) is 10.8. The molecule has 1 heterocycles. The zero-order valence-electron chi connectivity index (χ0n) is 8.76. The van der Waals surface area contributed by atoms with Gasteiger partial charge >= 0.3 is 0 Å². The lowest BCUT2D eigenvalue weighted by Gasteiger charge is -2.14. The molecule has 3 rings (SSSR count). The van der Waals surface area contributed by atoms with Gasteiger partial charge in [0.05, 0.1) is 6.54 Å². The molecule has 2 aromatic carbocycles. The van der Waals surface area contributed by atoms with Crippen LogP contribution in [0.15, 0.2) is 41.5 Å². The number of hydrazone groups is 1. The molecule has 0 fully saturated rings. The summed E-state index contributed by atoms with van der Waals surface area (Å²) in [6.07, 6.45) is 2.79. The Labute approximate surface area is 93.9 Å². The molecule has 0 unspecified atom stereocenters. The average Bonchev–Trinajstić information content (AvgIpc) is 2.82. The molecule has 2 aromatic rings. The molecular weight excluding hydrogens is 200 g/mol. The summed E-state index contributed by atoms with van der Waals surface area (Å²) in [7, 11) is 0. The zero-order valence-corrected chi connectivity index (χ0v) is 8.76. The second-order valence-electron chi connectivity index (χ2n) is 3.66. The van der Waals surface area contributed by atoms with Crippen molar-refractivity contribution in [3.63, 3.8) is 0 Å². The Bertz CT molecular complexity index is 536. The first-order valence-electron chi connectivity index (χ1n) is 5.31. The molecule has 0 saturated heterocycles. The molecule has 0 amide bonds. The molecule has 0 aromatic heterocycles. The van der Waals surface area contributed by atoms with Gasteiger partial charge in [-0.15, -0.1) is 5.17 Å². The summed E-state index contributed by atoms with van der Waals surface area (Å²) in [4.78, 5) is 5.56. The minimum absolute atomic E-state index is 0.706. The van der Waals surface area contributed by atoms with E-state index in [-0.39, 0.29) is 0 Å². The number of benzene rings is 2. The van der Waals surface area contributed by atoms with Crippen LogP contribution in [0.3, 0.4) is 0 Å². The lowest BCUT2D eigenvalue weighted by Crippen LogP contribution is -2.18. The van der Waals surface area contributed by atoms with Crippen molar-refractivity contribution in [1.29, 1.82) is 0 Å². The molecule has 79 valence electrons. The quantitative estimate of drug-likeness (QED) is 0.762. The molecule has 0 N–H and O–H groups in total. The normalized spacial score (nSPS) is 14.6. The van der Waals surface area contributed by atoms with Gasteiger partial charge in [-0.3, -0.25) is 0 Å². The second-order valence-corrected chi connectivity index (χ2v) is 3.66. The number of nitrogens with zero attached hydrogens (tertiary/aromatic N) is 2. The van der Waals surface area contributed by atoms with Crippen molar-refractivity contribution >= 4 is 17.0 Å². The van der Waals surface area contributed by atoms with Crippen LogP contribution in [0.4, 0.5) is 0 Å². The van der Waals surface area contributed by atoms with Gasteiger partial charge in [0.15, 0.2) is 5.75 Å². The van der Waals surface area contributed by atoms with Crippen LogP contribution in [0.2, 0.25) is 0 Å². The van der Waals surface area contributed by atoms with Crippen molar-refractivity contribution in [2.45, 2.75) is 6.42 Å². The van der Waals surface area contributed by atoms with Crippen molar-refractivity contribution in [2.75, 3.05) is 6.54 Å². The van der Waals surface area contributed by atoms with Crippen molar-refractivity contribution in [1.82, 2.24) is 5.17 Å². The Kier molecular flexibility index (Phi) is 2.22. The Hall–Kier alpha value is -2.03. The van der Waals surface area contributed by atoms with Gasteiger partial charge < -0.3 is 4.84 Å². The van der Waals surface area contributed by atoms with Crippen LogP contribution in [-0.4, -0.2) is 17.9 Å². The third-order valence-corrected chi connectivity index (χ3v) is 2.50. The van der Waals surface area contributed by atoms with E-state index in [9.17, 15) is 0 Å². The fraction of sp³-hybridized carbons (Fsp3) is 0.154. The van der Waals surface area contributed by atoms with Gasteiger partial charge in [0.2, 0.25) is 0 Å². The molecule has 1 aliphatic rings. The van der Waals surface area contributed by atoms with Gasteiger partial charge in [0, 0.05) is 18.7 Å². The molecule has 0 saturated carbocycles. The summed E-state index contributed by atoms with van der Waals surface area (Å²) < 4.78 is 0. The van der Waals surface area contributed by atoms with Crippen molar-refractivity contribution in [2.24, 2.45) is 5.10 Å². The third-order valence-electron chi connectivity index (χ3n) is 2.50. The summed E-state index contributed by atoms with van der Waals surface area (Å²) in [5.41, 5.74) is 0. The van der Waals surface area contributed by atoms with Gasteiger partial charge in [-0.2, -0.15) is 5.10 Å². The average molecular weight is 211 g/mol. The Balaban J connectivity index is 1.89. The van der Waals surface area contributed by atoms with Crippen molar-refractivity contribution in [3.05, 3.63) is 42.5 Å². The highest BCUT2D eigenvalue weighted by atomic mass is 16.7. The molecule has 0 spiro atoms. The second kappa shape index (κ2) is 3.85. The molecule has 16 heavy (non-hydrogen) atoms. The van der Waals surface area contributed by atoms with Crippen molar-refractivity contribution in [3.8, 4) is 5.75 Å². The van der Waals surface area contributed by atoms with E-state index in [1.54, 1.807) is 5.17 Å². The lowest BCUT2D eigenvalue weighted by atomic mass is 10.1. The largest absolute Gasteiger partial charge is 0.362 e. The molecule has 0 bridgehead atoms. The summed E-state index contributed by atoms with van der Waals surface area (Å²) in [6, 6.07) is 15.3. The number of hydrogen-bond acceptors (Lipinski definition) is 3. The maximum Gasteiger partial charge on any atom is 0.166 e. The van der Waals surface area contributed by atoms with Gasteiger partial charge in [-0.25, -0.2) is 0 Å². The highest BCUT2D eigenvalue weighted by Gasteiger charge is 2.07. The third kappa shape index (κ3) is 1.72. The summed E-state index contributed by atoms with van der Waals surface area (Å²) in [5, 5.41) is 7.89. The van der Waals surface area contributed by atoms with Crippen LogP contribution in [0, 0.1) is 6.07 Å². The van der Waals surface area contributed by atoms with Crippen LogP contribution in [0.5, 0.6) is 5.75 Å². The van der Waals surface area contributed by atoms with E-state index >= 15 is 0 Å². The first kappa shape index (κ1) is 9.21. The molecule has 1 radical (unpaired) electrons. The summed E-state index contributed by atoms with van der Waals surface area (Å²) in [5.74, 6) is 0.706. The van der Waals surface area contributed by atoms with Crippen LogP contribution >= 0.6 is 0 Å². The van der Waals surface area contributed by atoms with Crippen LogP contribution in [0.1, 0.15) is 6.42 Å². The minimum atomic E-state index is 0.706. The van der Waals surface area contributed by atoms with Gasteiger partial charge in [0.25, 0.3) is 0 Å². The van der Waals surface area contributed by atoms with E-state index < -0.39 is 0 Å². The number of rotatable bonds is 2. The van der Waals surface area contributed by atoms with Crippen LogP contribution in [0.25, 0.3) is 10.8 Å². The molecule has 0 atom stereocenters. The van der Waals surface area contributed by atoms with Crippen molar-refractivity contribution < 1.29 is 4.84 Å². The molecule has 1 aliphatic heterocycles. The minimum Gasteiger partial charge on any atom is -0.362 e. The maximum absolute atomic E-state index is 5.56. The van der Waals surface area contributed by atoms with E-state index in [0.29, 0.717) is 5.75 Å². The van der Waals surface area contributed by atoms with Gasteiger partial charge in [-0.05, 0) is 16.8 Å². The topological polar surface area (TPSA) is 24.8 Å². The van der Waals surface area contributed by atoms with E-state index in [0.717, 1.165) is 18.4 Å². The molecular formula is C13H11N2O. The summed E-state index contributed by atoms with van der Waals surface area (Å²) in [6.45, 7) is 0.806. The molecule has 3 heteroatoms. The van der Waals surface area contributed by atoms with Gasteiger partial charge in [0.1, 0.15) is 0 Å². The van der Waals surface area contributed by atoms with E-state index in [1.165, 1.54) is 5.39 Å². The highest BCUT2D eigenvalue weighted by molar-refractivity contribution is 5.83. The number of hydrogen-bond donors (Lipinski definition) is 0. The molecule has 0 aliphatic carbocycles. The number of fused-ring (bicyclic) bond motifs is 1. The van der Waals surface area contributed by atoms with E-state index in [4.69, 9.17) is 4.84 Å². The Morgan fingerprint density at radius 3 is 3.00 bits per heavy atom. The van der Waals surface area contributed by atoms with E-state index in [1.807, 2.05) is 36.5 Å². The maximum atomic E-state index is 5.56. The Morgan fingerprint density at radius 2 is 2.12 bits per heavy atom. The van der Waals surface area contributed by atoms with E-state index in [2.05, 4.69) is 17.2 Å².